The molecule has 0 fully saturated rings. The van der Waals surface area contributed by atoms with Gasteiger partial charge in [-0.2, -0.15) is 13.2 Å². The number of aromatic nitrogens is 2. The van der Waals surface area contributed by atoms with Crippen molar-refractivity contribution in [2.75, 3.05) is 19.0 Å². The summed E-state index contributed by atoms with van der Waals surface area (Å²) in [7, 11) is 1.70. The number of amides is 1. The van der Waals surface area contributed by atoms with Gasteiger partial charge >= 0.3 is 6.18 Å². The highest BCUT2D eigenvalue weighted by atomic mass is 19.4. The second-order valence-corrected chi connectivity index (χ2v) is 5.23. The van der Waals surface area contributed by atoms with Gasteiger partial charge in [0.2, 0.25) is 5.88 Å². The van der Waals surface area contributed by atoms with E-state index >= 15 is 0 Å². The Kier molecular flexibility index (Phi) is 5.79. The molecule has 2 aromatic heterocycles. The number of aryl methyl sites for hydroxylation is 1. The van der Waals surface area contributed by atoms with E-state index in [2.05, 4.69) is 25.3 Å². The van der Waals surface area contributed by atoms with Crippen LogP contribution in [0.5, 0.6) is 5.88 Å². The lowest BCUT2D eigenvalue weighted by Gasteiger charge is -2.12. The molecular formula is C16H17F3N4O2. The Morgan fingerprint density at radius 2 is 2.04 bits per heavy atom. The summed E-state index contributed by atoms with van der Waals surface area (Å²) < 4.78 is 41.1. The van der Waals surface area contributed by atoms with Gasteiger partial charge in [0.25, 0.3) is 5.91 Å². The van der Waals surface area contributed by atoms with Crippen molar-refractivity contribution in [1.29, 1.82) is 0 Å². The highest BCUT2D eigenvalue weighted by Gasteiger charge is 2.28. The molecule has 0 unspecified atom stereocenters. The van der Waals surface area contributed by atoms with E-state index in [0.717, 1.165) is 0 Å². The standard InChI is InChI=1S/C16H17F3N4O2/c1-10-5-11(8-23-15(10)25-9-16(17,18)19)7-22-14(24)12-3-4-21-13(6-12)20-2/h3-6,8H,7,9H2,1-2H3,(H,20,21)(H,22,24). The van der Waals surface area contributed by atoms with Crippen molar-refractivity contribution in [3.8, 4) is 5.88 Å². The quantitative estimate of drug-likeness (QED) is 0.834. The van der Waals surface area contributed by atoms with E-state index < -0.39 is 12.8 Å². The molecule has 0 aromatic carbocycles. The Labute approximate surface area is 142 Å². The molecule has 134 valence electrons. The summed E-state index contributed by atoms with van der Waals surface area (Å²) in [6, 6.07) is 4.80. The van der Waals surface area contributed by atoms with Gasteiger partial charge in [-0.15, -0.1) is 0 Å². The SMILES string of the molecule is CNc1cc(C(=O)NCc2cnc(OCC(F)(F)F)c(C)c2)ccn1. The first-order chi connectivity index (χ1) is 11.8. The Morgan fingerprint density at radius 3 is 2.68 bits per heavy atom. The number of carbonyl (C=O) groups excluding carboxylic acids is 1. The van der Waals surface area contributed by atoms with Crippen LogP contribution in [0.2, 0.25) is 0 Å². The van der Waals surface area contributed by atoms with Crippen LogP contribution in [0.3, 0.4) is 0 Å². The molecule has 0 bridgehead atoms. The largest absolute Gasteiger partial charge is 0.468 e. The van der Waals surface area contributed by atoms with Crippen LogP contribution in [0.25, 0.3) is 0 Å². The van der Waals surface area contributed by atoms with Crippen molar-refractivity contribution >= 4 is 11.7 Å². The molecule has 1 amide bonds. The average Bonchev–Trinajstić information content (AvgIpc) is 2.58. The number of hydrogen-bond donors (Lipinski definition) is 2. The summed E-state index contributed by atoms with van der Waals surface area (Å²) in [6.07, 6.45) is -1.54. The molecule has 0 saturated heterocycles. The molecule has 0 aliphatic heterocycles. The third kappa shape index (κ3) is 5.63. The van der Waals surface area contributed by atoms with Gasteiger partial charge in [0, 0.05) is 37.1 Å². The fourth-order valence-corrected chi connectivity index (χ4v) is 2.01. The predicted molar refractivity (Wildman–Crippen MR) is 85.5 cm³/mol. The molecule has 6 nitrogen and oxygen atoms in total. The molecule has 9 heteroatoms. The van der Waals surface area contributed by atoms with E-state index in [4.69, 9.17) is 0 Å². The molecule has 2 aromatic rings. The van der Waals surface area contributed by atoms with Crippen LogP contribution in [0.4, 0.5) is 19.0 Å². The van der Waals surface area contributed by atoms with Gasteiger partial charge in [-0.1, -0.05) is 0 Å². The zero-order chi connectivity index (χ0) is 18.4. The molecule has 25 heavy (non-hydrogen) atoms. The van der Waals surface area contributed by atoms with Gasteiger partial charge in [-0.3, -0.25) is 4.79 Å². The zero-order valence-corrected chi connectivity index (χ0v) is 13.6. The number of ether oxygens (including phenoxy) is 1. The molecule has 0 aliphatic carbocycles. The number of halogens is 3. The lowest BCUT2D eigenvalue weighted by Crippen LogP contribution is -2.23. The molecular weight excluding hydrogens is 337 g/mol. The van der Waals surface area contributed by atoms with E-state index in [1.54, 1.807) is 32.2 Å². The summed E-state index contributed by atoms with van der Waals surface area (Å²) in [5.74, 6) is 0.186. The van der Waals surface area contributed by atoms with E-state index in [1.807, 2.05) is 0 Å². The number of nitrogens with one attached hydrogen (secondary N) is 2. The molecule has 2 rings (SSSR count). The number of hydrogen-bond acceptors (Lipinski definition) is 5. The monoisotopic (exact) mass is 354 g/mol. The Morgan fingerprint density at radius 1 is 1.28 bits per heavy atom. The van der Waals surface area contributed by atoms with Crippen LogP contribution in [0.1, 0.15) is 21.5 Å². The van der Waals surface area contributed by atoms with Crippen molar-refractivity contribution in [2.45, 2.75) is 19.6 Å². The number of anilines is 1. The maximum Gasteiger partial charge on any atom is 0.422 e. The molecule has 0 spiro atoms. The first-order valence-corrected chi connectivity index (χ1v) is 7.35. The zero-order valence-electron chi connectivity index (χ0n) is 13.6. The first-order valence-electron chi connectivity index (χ1n) is 7.35. The minimum Gasteiger partial charge on any atom is -0.468 e. The van der Waals surface area contributed by atoms with Gasteiger partial charge in [0.15, 0.2) is 6.61 Å². The van der Waals surface area contributed by atoms with Crippen molar-refractivity contribution < 1.29 is 22.7 Å². The van der Waals surface area contributed by atoms with E-state index in [-0.39, 0.29) is 18.3 Å². The minimum atomic E-state index is -4.42. The third-order valence-corrected chi connectivity index (χ3v) is 3.19. The Balaban J connectivity index is 1.96. The predicted octanol–water partition coefficient (Wildman–Crippen LogP) is 2.70. The van der Waals surface area contributed by atoms with Gasteiger partial charge in [0.1, 0.15) is 5.82 Å². The lowest BCUT2D eigenvalue weighted by molar-refractivity contribution is -0.154. The van der Waals surface area contributed by atoms with E-state index in [0.29, 0.717) is 22.5 Å². The van der Waals surface area contributed by atoms with Crippen LogP contribution in [-0.2, 0) is 6.54 Å². The van der Waals surface area contributed by atoms with Crippen LogP contribution < -0.4 is 15.4 Å². The maximum atomic E-state index is 12.2. The normalized spacial score (nSPS) is 11.1. The number of alkyl halides is 3. The van der Waals surface area contributed by atoms with Gasteiger partial charge in [-0.05, 0) is 30.7 Å². The molecule has 0 aliphatic rings. The number of pyridine rings is 2. The molecule has 0 saturated carbocycles. The van der Waals surface area contributed by atoms with Crippen molar-refractivity contribution in [1.82, 2.24) is 15.3 Å². The highest BCUT2D eigenvalue weighted by Crippen LogP contribution is 2.20. The number of nitrogens with zero attached hydrogens (tertiary/aromatic N) is 2. The molecule has 2 N–H and O–H groups in total. The maximum absolute atomic E-state index is 12.2. The first kappa shape index (κ1) is 18.5. The smallest absolute Gasteiger partial charge is 0.422 e. The fraction of sp³-hybridized carbons (Fsp3) is 0.312. The third-order valence-electron chi connectivity index (χ3n) is 3.19. The van der Waals surface area contributed by atoms with E-state index in [9.17, 15) is 18.0 Å². The van der Waals surface area contributed by atoms with Gasteiger partial charge in [-0.25, -0.2) is 9.97 Å². The van der Waals surface area contributed by atoms with Crippen molar-refractivity contribution in [2.24, 2.45) is 0 Å². The molecule has 0 atom stereocenters. The second kappa shape index (κ2) is 7.82. The van der Waals surface area contributed by atoms with Crippen LogP contribution in [-0.4, -0.2) is 35.7 Å². The number of rotatable bonds is 6. The summed E-state index contributed by atoms with van der Waals surface area (Å²) in [4.78, 5) is 20.0. The molecule has 0 radical (unpaired) electrons. The lowest BCUT2D eigenvalue weighted by atomic mass is 10.2. The number of carbonyl (C=O) groups is 1. The van der Waals surface area contributed by atoms with Gasteiger partial charge in [0.05, 0.1) is 0 Å². The molecule has 2 heterocycles. The summed E-state index contributed by atoms with van der Waals surface area (Å²) >= 11 is 0. The summed E-state index contributed by atoms with van der Waals surface area (Å²) in [6.45, 7) is 0.377. The van der Waals surface area contributed by atoms with Crippen molar-refractivity contribution in [3.05, 3.63) is 47.3 Å². The van der Waals surface area contributed by atoms with Crippen LogP contribution in [0, 0.1) is 6.92 Å². The topological polar surface area (TPSA) is 76.1 Å². The van der Waals surface area contributed by atoms with Crippen molar-refractivity contribution in [3.63, 3.8) is 0 Å². The summed E-state index contributed by atoms with van der Waals surface area (Å²) in [5.41, 5.74) is 1.54. The second-order valence-electron chi connectivity index (χ2n) is 5.23. The summed E-state index contributed by atoms with van der Waals surface area (Å²) in [5, 5.41) is 5.55. The van der Waals surface area contributed by atoms with Crippen LogP contribution in [0.15, 0.2) is 30.6 Å². The van der Waals surface area contributed by atoms with E-state index in [1.165, 1.54) is 12.4 Å². The highest BCUT2D eigenvalue weighted by molar-refractivity contribution is 5.94. The average molecular weight is 354 g/mol. The Bertz CT molecular complexity index is 750. The Hall–Kier alpha value is -2.84. The van der Waals surface area contributed by atoms with Crippen LogP contribution >= 0.6 is 0 Å². The minimum absolute atomic E-state index is 0.0832. The van der Waals surface area contributed by atoms with Gasteiger partial charge < -0.3 is 15.4 Å². The fourth-order valence-electron chi connectivity index (χ4n) is 2.01.